The monoisotopic (exact) mass is 260 g/mol. The van der Waals surface area contributed by atoms with Crippen molar-refractivity contribution in [1.82, 2.24) is 0 Å². The lowest BCUT2D eigenvalue weighted by molar-refractivity contribution is 0.394. The standard InChI is InChI=1S/C19H32/c1-4-5-6-7-10-17-12-13-19(3)15-18(19)11-8-9-16(2)14-17/h11-13,16-17H,4-10,14-15H2,1-3H3. The average Bonchev–Trinajstić information content (AvgIpc) is 3.03. The summed E-state index contributed by atoms with van der Waals surface area (Å²) < 4.78 is 0. The van der Waals surface area contributed by atoms with Crippen LogP contribution in [0.1, 0.15) is 78.6 Å². The molecule has 2 aliphatic rings. The molecule has 3 unspecified atom stereocenters. The highest BCUT2D eigenvalue weighted by molar-refractivity contribution is 5.37. The molecule has 1 saturated carbocycles. The fourth-order valence-corrected chi connectivity index (χ4v) is 3.47. The maximum atomic E-state index is 2.56. The van der Waals surface area contributed by atoms with E-state index in [0.29, 0.717) is 5.41 Å². The molecule has 1 fully saturated rings. The minimum Gasteiger partial charge on any atom is -0.0845 e. The molecule has 2 aliphatic carbocycles. The van der Waals surface area contributed by atoms with Crippen molar-refractivity contribution in [2.75, 3.05) is 0 Å². The van der Waals surface area contributed by atoms with Crippen LogP contribution in [0.4, 0.5) is 0 Å². The van der Waals surface area contributed by atoms with E-state index in [9.17, 15) is 0 Å². The van der Waals surface area contributed by atoms with E-state index in [0.717, 1.165) is 11.8 Å². The van der Waals surface area contributed by atoms with Crippen molar-refractivity contribution in [3.63, 3.8) is 0 Å². The number of allylic oxidation sites excluding steroid dienone is 4. The van der Waals surface area contributed by atoms with Gasteiger partial charge in [0.1, 0.15) is 0 Å². The van der Waals surface area contributed by atoms with Crippen LogP contribution in [0, 0.1) is 17.3 Å². The molecule has 0 aromatic carbocycles. The van der Waals surface area contributed by atoms with E-state index in [1.807, 2.05) is 0 Å². The zero-order chi connectivity index (χ0) is 13.7. The molecule has 19 heavy (non-hydrogen) atoms. The molecule has 0 saturated heterocycles. The molecule has 2 rings (SSSR count). The lowest BCUT2D eigenvalue weighted by Gasteiger charge is -2.19. The third-order valence-corrected chi connectivity index (χ3v) is 5.09. The van der Waals surface area contributed by atoms with Crippen LogP contribution in [0.25, 0.3) is 0 Å². The summed E-state index contributed by atoms with van der Waals surface area (Å²) in [6.45, 7) is 7.15. The molecule has 0 spiro atoms. The van der Waals surface area contributed by atoms with Gasteiger partial charge in [0.2, 0.25) is 0 Å². The summed E-state index contributed by atoms with van der Waals surface area (Å²) in [6, 6.07) is 0. The number of fused-ring (bicyclic) bond motifs is 1. The molecule has 0 bridgehead atoms. The van der Waals surface area contributed by atoms with E-state index >= 15 is 0 Å². The molecule has 0 amide bonds. The van der Waals surface area contributed by atoms with Gasteiger partial charge in [-0.2, -0.15) is 0 Å². The quantitative estimate of drug-likeness (QED) is 0.403. The van der Waals surface area contributed by atoms with Crippen LogP contribution in [0.5, 0.6) is 0 Å². The highest BCUT2D eigenvalue weighted by Gasteiger charge is 2.41. The Hall–Kier alpha value is -0.520. The Labute approximate surface area is 120 Å². The van der Waals surface area contributed by atoms with Crippen LogP contribution in [-0.4, -0.2) is 0 Å². The molecule has 0 N–H and O–H groups in total. The molecular formula is C19H32. The van der Waals surface area contributed by atoms with Crippen molar-refractivity contribution in [3.8, 4) is 0 Å². The van der Waals surface area contributed by atoms with E-state index in [-0.39, 0.29) is 0 Å². The molecule has 0 heteroatoms. The summed E-state index contributed by atoms with van der Waals surface area (Å²) in [6.07, 6.45) is 20.1. The van der Waals surface area contributed by atoms with Crippen LogP contribution < -0.4 is 0 Å². The van der Waals surface area contributed by atoms with Gasteiger partial charge in [-0.3, -0.25) is 0 Å². The van der Waals surface area contributed by atoms with Crippen molar-refractivity contribution < 1.29 is 0 Å². The number of hydrogen-bond acceptors (Lipinski definition) is 0. The van der Waals surface area contributed by atoms with Crippen LogP contribution in [0.2, 0.25) is 0 Å². The molecule has 0 nitrogen and oxygen atoms in total. The van der Waals surface area contributed by atoms with E-state index in [1.165, 1.54) is 57.8 Å². The predicted molar refractivity (Wildman–Crippen MR) is 85.2 cm³/mol. The Balaban J connectivity index is 1.90. The second kappa shape index (κ2) is 6.77. The van der Waals surface area contributed by atoms with Gasteiger partial charge in [-0.15, -0.1) is 0 Å². The summed E-state index contributed by atoms with van der Waals surface area (Å²) in [7, 11) is 0. The first-order chi connectivity index (χ1) is 9.14. The highest BCUT2D eigenvalue weighted by atomic mass is 14.4. The molecule has 3 atom stereocenters. The first-order valence-electron chi connectivity index (χ1n) is 8.53. The van der Waals surface area contributed by atoms with E-state index in [2.05, 4.69) is 39.0 Å². The fraction of sp³-hybridized carbons (Fsp3) is 0.789. The second-order valence-corrected chi connectivity index (χ2v) is 7.21. The summed E-state index contributed by atoms with van der Waals surface area (Å²) in [5, 5.41) is 0. The topological polar surface area (TPSA) is 0 Å². The number of hydrogen-bond donors (Lipinski definition) is 0. The zero-order valence-electron chi connectivity index (χ0n) is 13.3. The van der Waals surface area contributed by atoms with Crippen molar-refractivity contribution in [2.45, 2.75) is 78.6 Å². The van der Waals surface area contributed by atoms with Gasteiger partial charge in [0.15, 0.2) is 0 Å². The normalized spacial score (nSPS) is 34.6. The Bertz CT molecular complexity index is 336. The van der Waals surface area contributed by atoms with Gasteiger partial charge in [0.05, 0.1) is 0 Å². The molecular weight excluding hydrogens is 228 g/mol. The van der Waals surface area contributed by atoms with Crippen molar-refractivity contribution in [3.05, 3.63) is 23.8 Å². The Morgan fingerprint density at radius 3 is 2.89 bits per heavy atom. The molecule has 0 heterocycles. The van der Waals surface area contributed by atoms with Gasteiger partial charge >= 0.3 is 0 Å². The lowest BCUT2D eigenvalue weighted by Crippen LogP contribution is -2.06. The number of unbranched alkanes of at least 4 members (excludes halogenated alkanes) is 3. The molecule has 108 valence electrons. The maximum Gasteiger partial charge on any atom is 0.0100 e. The predicted octanol–water partition coefficient (Wildman–Crippen LogP) is 6.29. The van der Waals surface area contributed by atoms with Crippen LogP contribution >= 0.6 is 0 Å². The summed E-state index contributed by atoms with van der Waals surface area (Å²) in [5.41, 5.74) is 2.14. The molecule has 0 aromatic heterocycles. The summed E-state index contributed by atoms with van der Waals surface area (Å²) >= 11 is 0. The largest absolute Gasteiger partial charge is 0.0845 e. The van der Waals surface area contributed by atoms with Crippen LogP contribution in [-0.2, 0) is 0 Å². The molecule has 0 aliphatic heterocycles. The average molecular weight is 260 g/mol. The molecule has 0 radical (unpaired) electrons. The van der Waals surface area contributed by atoms with Crippen LogP contribution in [0.3, 0.4) is 0 Å². The smallest absolute Gasteiger partial charge is 0.0100 e. The van der Waals surface area contributed by atoms with Crippen molar-refractivity contribution in [1.29, 1.82) is 0 Å². The first kappa shape index (κ1) is 14.9. The first-order valence-corrected chi connectivity index (χ1v) is 8.53. The number of rotatable bonds is 5. The van der Waals surface area contributed by atoms with Gasteiger partial charge < -0.3 is 0 Å². The third-order valence-electron chi connectivity index (χ3n) is 5.09. The van der Waals surface area contributed by atoms with Gasteiger partial charge in [0, 0.05) is 5.41 Å². The summed E-state index contributed by atoms with van der Waals surface area (Å²) in [5.74, 6) is 1.73. The Morgan fingerprint density at radius 1 is 1.26 bits per heavy atom. The lowest BCUT2D eigenvalue weighted by atomic mass is 9.86. The van der Waals surface area contributed by atoms with E-state index in [1.54, 1.807) is 5.57 Å². The van der Waals surface area contributed by atoms with E-state index in [4.69, 9.17) is 0 Å². The molecule has 0 aromatic rings. The minimum atomic E-state index is 0.447. The van der Waals surface area contributed by atoms with Gasteiger partial charge in [-0.05, 0) is 43.9 Å². The van der Waals surface area contributed by atoms with E-state index < -0.39 is 0 Å². The Kier molecular flexibility index (Phi) is 5.30. The summed E-state index contributed by atoms with van der Waals surface area (Å²) in [4.78, 5) is 0. The van der Waals surface area contributed by atoms with Crippen molar-refractivity contribution >= 4 is 0 Å². The minimum absolute atomic E-state index is 0.447. The Morgan fingerprint density at radius 2 is 2.11 bits per heavy atom. The van der Waals surface area contributed by atoms with Gasteiger partial charge in [-0.1, -0.05) is 70.3 Å². The third kappa shape index (κ3) is 4.51. The van der Waals surface area contributed by atoms with Crippen LogP contribution in [0.15, 0.2) is 23.8 Å². The maximum absolute atomic E-state index is 2.56. The van der Waals surface area contributed by atoms with Crippen molar-refractivity contribution in [2.24, 2.45) is 17.3 Å². The highest BCUT2D eigenvalue weighted by Crippen LogP contribution is 2.53. The van der Waals surface area contributed by atoms with Gasteiger partial charge in [0.25, 0.3) is 0 Å². The van der Waals surface area contributed by atoms with Gasteiger partial charge in [-0.25, -0.2) is 0 Å². The zero-order valence-corrected chi connectivity index (χ0v) is 13.3. The SMILES string of the molecule is CCCCCCC1C=CC2(C)CC2=CCCC(C)C1. The second-order valence-electron chi connectivity index (χ2n) is 7.21. The fourth-order valence-electron chi connectivity index (χ4n) is 3.47.